The van der Waals surface area contributed by atoms with Crippen LogP contribution < -0.4 is 15.0 Å². The zero-order valence-electron chi connectivity index (χ0n) is 13.1. The highest BCUT2D eigenvalue weighted by Gasteiger charge is 2.11. The summed E-state index contributed by atoms with van der Waals surface area (Å²) in [6.07, 6.45) is 2.32. The highest BCUT2D eigenvalue weighted by Crippen LogP contribution is 2.25. The number of aryl methyl sites for hydroxylation is 1. The van der Waals surface area contributed by atoms with Gasteiger partial charge < -0.3 is 15.0 Å². The molecular formula is C17H28N2O. The Morgan fingerprint density at radius 2 is 2.10 bits per heavy atom. The molecule has 0 saturated carbocycles. The molecule has 0 radical (unpaired) electrons. The average Bonchev–Trinajstić information content (AvgIpc) is 2.69. The summed E-state index contributed by atoms with van der Waals surface area (Å²) in [6.45, 7) is 11.8. The highest BCUT2D eigenvalue weighted by molar-refractivity contribution is 5.53. The normalized spacial score (nSPS) is 16.3. The van der Waals surface area contributed by atoms with E-state index in [0.29, 0.717) is 5.92 Å². The molecule has 1 aliphatic rings. The Kier molecular flexibility index (Phi) is 5.72. The van der Waals surface area contributed by atoms with Crippen LogP contribution in [0.15, 0.2) is 18.2 Å². The number of nitrogens with one attached hydrogen (secondary N) is 1. The Hall–Kier alpha value is -1.22. The molecule has 1 aromatic carbocycles. The van der Waals surface area contributed by atoms with E-state index in [-0.39, 0.29) is 0 Å². The third-order valence-electron chi connectivity index (χ3n) is 3.82. The van der Waals surface area contributed by atoms with Gasteiger partial charge in [0.05, 0.1) is 6.61 Å². The third kappa shape index (κ3) is 4.41. The lowest BCUT2D eigenvalue weighted by Gasteiger charge is -2.23. The van der Waals surface area contributed by atoms with Crippen LogP contribution in [-0.4, -0.2) is 32.8 Å². The van der Waals surface area contributed by atoms with Crippen molar-refractivity contribution in [3.8, 4) is 5.75 Å². The largest absolute Gasteiger partial charge is 0.493 e. The zero-order valence-corrected chi connectivity index (χ0v) is 13.1. The number of hydrogen-bond acceptors (Lipinski definition) is 3. The maximum absolute atomic E-state index is 5.88. The van der Waals surface area contributed by atoms with Gasteiger partial charge >= 0.3 is 0 Å². The lowest BCUT2D eigenvalue weighted by Crippen LogP contribution is -2.27. The summed E-state index contributed by atoms with van der Waals surface area (Å²) >= 11 is 0. The van der Waals surface area contributed by atoms with Gasteiger partial charge in [0.1, 0.15) is 5.75 Å². The Morgan fingerprint density at radius 1 is 1.25 bits per heavy atom. The highest BCUT2D eigenvalue weighted by atomic mass is 16.5. The van der Waals surface area contributed by atoms with E-state index in [0.717, 1.165) is 45.0 Å². The van der Waals surface area contributed by atoms with Gasteiger partial charge in [-0.2, -0.15) is 0 Å². The molecule has 3 nitrogen and oxygen atoms in total. The summed E-state index contributed by atoms with van der Waals surface area (Å²) in [7, 11) is 0. The van der Waals surface area contributed by atoms with E-state index >= 15 is 0 Å². The van der Waals surface area contributed by atoms with E-state index in [1.54, 1.807) is 0 Å². The van der Waals surface area contributed by atoms with Crippen LogP contribution in [0, 0.1) is 12.8 Å². The molecule has 112 valence electrons. The minimum Gasteiger partial charge on any atom is -0.493 e. The van der Waals surface area contributed by atoms with Gasteiger partial charge in [-0.05, 0) is 56.0 Å². The molecule has 0 bridgehead atoms. The van der Waals surface area contributed by atoms with Gasteiger partial charge in [0.25, 0.3) is 0 Å². The number of rotatable bonds is 5. The Bertz CT molecular complexity index is 409. The SMILES string of the molecule is Cc1cc(N2CCCNCC2)ccc1OCCC(C)C. The van der Waals surface area contributed by atoms with E-state index < -0.39 is 0 Å². The maximum atomic E-state index is 5.88. The lowest BCUT2D eigenvalue weighted by atomic mass is 10.1. The number of benzene rings is 1. The van der Waals surface area contributed by atoms with Crippen molar-refractivity contribution in [2.75, 3.05) is 37.7 Å². The van der Waals surface area contributed by atoms with Crippen molar-refractivity contribution in [2.24, 2.45) is 5.92 Å². The Morgan fingerprint density at radius 3 is 2.85 bits per heavy atom. The molecular weight excluding hydrogens is 248 g/mol. The van der Waals surface area contributed by atoms with Crippen molar-refractivity contribution in [3.63, 3.8) is 0 Å². The maximum Gasteiger partial charge on any atom is 0.122 e. The van der Waals surface area contributed by atoms with Crippen LogP contribution in [0.4, 0.5) is 5.69 Å². The quantitative estimate of drug-likeness (QED) is 0.893. The molecule has 0 unspecified atom stereocenters. The molecule has 3 heteroatoms. The fourth-order valence-electron chi connectivity index (χ4n) is 2.50. The van der Waals surface area contributed by atoms with E-state index in [1.165, 1.54) is 17.7 Å². The van der Waals surface area contributed by atoms with Crippen LogP contribution in [0.25, 0.3) is 0 Å². The number of nitrogens with zero attached hydrogens (tertiary/aromatic N) is 1. The third-order valence-corrected chi connectivity index (χ3v) is 3.82. The van der Waals surface area contributed by atoms with Gasteiger partial charge in [0.15, 0.2) is 0 Å². The summed E-state index contributed by atoms with van der Waals surface area (Å²) in [6, 6.07) is 6.59. The Labute approximate surface area is 123 Å². The van der Waals surface area contributed by atoms with Crippen molar-refractivity contribution in [1.82, 2.24) is 5.32 Å². The zero-order chi connectivity index (χ0) is 14.4. The number of ether oxygens (including phenoxy) is 1. The average molecular weight is 276 g/mol. The van der Waals surface area contributed by atoms with Gasteiger partial charge in [-0.1, -0.05) is 13.8 Å². The molecule has 0 amide bonds. The van der Waals surface area contributed by atoms with Crippen molar-refractivity contribution in [1.29, 1.82) is 0 Å². The first kappa shape index (κ1) is 15.2. The van der Waals surface area contributed by atoms with E-state index in [4.69, 9.17) is 4.74 Å². The molecule has 0 aromatic heterocycles. The molecule has 2 rings (SSSR count). The fourth-order valence-corrected chi connectivity index (χ4v) is 2.50. The van der Waals surface area contributed by atoms with Gasteiger partial charge in [-0.25, -0.2) is 0 Å². The fraction of sp³-hybridized carbons (Fsp3) is 0.647. The second-order valence-corrected chi connectivity index (χ2v) is 6.07. The van der Waals surface area contributed by atoms with Gasteiger partial charge in [0.2, 0.25) is 0 Å². The summed E-state index contributed by atoms with van der Waals surface area (Å²) < 4.78 is 5.88. The summed E-state index contributed by atoms with van der Waals surface area (Å²) in [4.78, 5) is 2.46. The predicted molar refractivity (Wildman–Crippen MR) is 85.8 cm³/mol. The van der Waals surface area contributed by atoms with Crippen molar-refractivity contribution < 1.29 is 4.74 Å². The molecule has 1 fully saturated rings. The summed E-state index contributed by atoms with van der Waals surface area (Å²) in [5.74, 6) is 1.72. The lowest BCUT2D eigenvalue weighted by molar-refractivity contribution is 0.288. The number of hydrogen-bond donors (Lipinski definition) is 1. The topological polar surface area (TPSA) is 24.5 Å². The first-order chi connectivity index (χ1) is 9.66. The van der Waals surface area contributed by atoms with Crippen molar-refractivity contribution in [3.05, 3.63) is 23.8 Å². The van der Waals surface area contributed by atoms with Crippen LogP contribution >= 0.6 is 0 Å². The molecule has 1 saturated heterocycles. The number of anilines is 1. The molecule has 20 heavy (non-hydrogen) atoms. The monoisotopic (exact) mass is 276 g/mol. The van der Waals surface area contributed by atoms with Crippen molar-refractivity contribution in [2.45, 2.75) is 33.6 Å². The predicted octanol–water partition coefficient (Wildman–Crippen LogP) is 3.22. The van der Waals surface area contributed by atoms with Crippen LogP contribution in [0.3, 0.4) is 0 Å². The summed E-state index contributed by atoms with van der Waals surface area (Å²) in [5.41, 5.74) is 2.56. The van der Waals surface area contributed by atoms with Crippen molar-refractivity contribution >= 4 is 5.69 Å². The van der Waals surface area contributed by atoms with Crippen LogP contribution in [0.5, 0.6) is 5.75 Å². The molecule has 1 aliphatic heterocycles. The van der Waals surface area contributed by atoms with Crippen LogP contribution in [0.2, 0.25) is 0 Å². The minimum absolute atomic E-state index is 0.694. The minimum atomic E-state index is 0.694. The van der Waals surface area contributed by atoms with Gasteiger partial charge in [-0.15, -0.1) is 0 Å². The van der Waals surface area contributed by atoms with E-state index in [1.807, 2.05) is 0 Å². The second kappa shape index (κ2) is 7.53. The van der Waals surface area contributed by atoms with E-state index in [9.17, 15) is 0 Å². The smallest absolute Gasteiger partial charge is 0.122 e. The van der Waals surface area contributed by atoms with E-state index in [2.05, 4.69) is 49.2 Å². The molecule has 0 spiro atoms. The molecule has 1 N–H and O–H groups in total. The molecule has 0 atom stereocenters. The summed E-state index contributed by atoms with van der Waals surface area (Å²) in [5, 5.41) is 3.45. The first-order valence-corrected chi connectivity index (χ1v) is 7.86. The first-order valence-electron chi connectivity index (χ1n) is 7.86. The van der Waals surface area contributed by atoms with Gasteiger partial charge in [-0.3, -0.25) is 0 Å². The van der Waals surface area contributed by atoms with Crippen LogP contribution in [0.1, 0.15) is 32.3 Å². The van der Waals surface area contributed by atoms with Gasteiger partial charge in [0, 0.05) is 25.3 Å². The van der Waals surface area contributed by atoms with Crippen LogP contribution in [-0.2, 0) is 0 Å². The molecule has 0 aliphatic carbocycles. The Balaban J connectivity index is 1.97. The molecule has 1 aromatic rings. The molecule has 1 heterocycles. The second-order valence-electron chi connectivity index (χ2n) is 6.07. The standard InChI is InChI=1S/C17H28N2O/c1-14(2)7-12-20-17-6-5-16(13-15(17)3)19-10-4-8-18-9-11-19/h5-6,13-14,18H,4,7-12H2,1-3H3.